The minimum Gasteiger partial charge on any atom is -0.493 e. The monoisotopic (exact) mass is 793 g/mol. The summed E-state index contributed by atoms with van der Waals surface area (Å²) in [6, 6.07) is 19.4. The molecule has 5 N–H and O–H groups in total. The fourth-order valence-electron chi connectivity index (χ4n) is 5.87. The molecule has 3 aromatic rings. The average Bonchev–Trinajstić information content (AvgIpc) is 3.18. The summed E-state index contributed by atoms with van der Waals surface area (Å²) in [5, 5.41) is 21.6. The average molecular weight is 794 g/mol. The molecule has 0 fully saturated rings. The van der Waals surface area contributed by atoms with E-state index in [0.717, 1.165) is 16.7 Å². The molecule has 0 aromatic heterocycles. The van der Waals surface area contributed by atoms with Crippen molar-refractivity contribution in [2.45, 2.75) is 85.3 Å². The summed E-state index contributed by atoms with van der Waals surface area (Å²) in [4.78, 5) is 52.1. The molecule has 0 radical (unpaired) electrons. The second-order valence-corrected chi connectivity index (χ2v) is 14.0. The van der Waals surface area contributed by atoms with Crippen LogP contribution in [-0.4, -0.2) is 92.3 Å². The Morgan fingerprint density at radius 3 is 1.79 bits per heavy atom. The van der Waals surface area contributed by atoms with Crippen molar-refractivity contribution in [3.05, 3.63) is 89.5 Å². The van der Waals surface area contributed by atoms with E-state index in [1.807, 2.05) is 60.7 Å². The van der Waals surface area contributed by atoms with Crippen LogP contribution in [0.2, 0.25) is 0 Å². The van der Waals surface area contributed by atoms with Gasteiger partial charge in [0.2, 0.25) is 5.91 Å². The maximum Gasteiger partial charge on any atom is 0.407 e. The van der Waals surface area contributed by atoms with Gasteiger partial charge in [-0.05, 0) is 73.1 Å². The molecular weight excluding hydrogens is 734 g/mol. The number of carbonyl (C=O) groups excluding carboxylic acids is 4. The number of hydrogen-bond acceptors (Lipinski definition) is 11. The van der Waals surface area contributed by atoms with E-state index in [1.54, 1.807) is 67.9 Å². The van der Waals surface area contributed by atoms with Crippen molar-refractivity contribution in [3.8, 4) is 17.2 Å². The molecule has 0 saturated heterocycles. The van der Waals surface area contributed by atoms with Crippen molar-refractivity contribution < 1.29 is 48.0 Å². The Hall–Kier alpha value is -5.54. The minimum absolute atomic E-state index is 0.131. The van der Waals surface area contributed by atoms with Crippen LogP contribution >= 0.6 is 0 Å². The lowest BCUT2D eigenvalue weighted by Crippen LogP contribution is -2.59. The largest absolute Gasteiger partial charge is 0.493 e. The van der Waals surface area contributed by atoms with Crippen LogP contribution in [0, 0.1) is 11.8 Å². The van der Waals surface area contributed by atoms with E-state index < -0.39 is 48.2 Å². The molecule has 3 aromatic carbocycles. The lowest BCUT2D eigenvalue weighted by Gasteiger charge is -2.33. The van der Waals surface area contributed by atoms with Crippen molar-refractivity contribution in [1.29, 1.82) is 0 Å². The molecule has 4 atom stereocenters. The van der Waals surface area contributed by atoms with Crippen LogP contribution in [-0.2, 0) is 38.6 Å². The number of alkyl carbamates (subject to hydrolysis) is 2. The molecule has 15 nitrogen and oxygen atoms in total. The molecule has 0 aliphatic rings. The Balaban J connectivity index is 1.88. The number of hydrogen-bond donors (Lipinski definition) is 5. The number of aliphatic hydroxyl groups excluding tert-OH is 1. The van der Waals surface area contributed by atoms with Crippen molar-refractivity contribution in [2.24, 2.45) is 11.8 Å². The molecule has 0 bridgehead atoms. The van der Waals surface area contributed by atoms with E-state index in [0.29, 0.717) is 17.2 Å². The maximum atomic E-state index is 13.8. The highest BCUT2D eigenvalue weighted by Crippen LogP contribution is 2.28. The van der Waals surface area contributed by atoms with Crippen LogP contribution in [0.1, 0.15) is 58.2 Å². The first-order chi connectivity index (χ1) is 27.3. The van der Waals surface area contributed by atoms with Gasteiger partial charge >= 0.3 is 12.2 Å². The van der Waals surface area contributed by atoms with E-state index >= 15 is 0 Å². The predicted molar refractivity (Wildman–Crippen MR) is 215 cm³/mol. The van der Waals surface area contributed by atoms with Crippen molar-refractivity contribution >= 4 is 24.0 Å². The van der Waals surface area contributed by atoms with Crippen molar-refractivity contribution in [1.82, 2.24) is 26.4 Å². The number of benzene rings is 3. The molecule has 312 valence electrons. The fraction of sp³-hybridized carbons (Fsp3) is 0.476. The first-order valence-electron chi connectivity index (χ1n) is 19.1. The van der Waals surface area contributed by atoms with Gasteiger partial charge in [-0.3, -0.25) is 15.0 Å². The molecule has 0 aliphatic carbocycles. The molecule has 0 saturated carbocycles. The van der Waals surface area contributed by atoms with E-state index in [-0.39, 0.29) is 51.2 Å². The Morgan fingerprint density at radius 1 is 0.684 bits per heavy atom. The molecule has 2 unspecified atom stereocenters. The van der Waals surface area contributed by atoms with Crippen LogP contribution in [0.4, 0.5) is 9.59 Å². The Kier molecular flexibility index (Phi) is 18.9. The maximum absolute atomic E-state index is 13.8. The van der Waals surface area contributed by atoms with Gasteiger partial charge in [-0.15, -0.1) is 0 Å². The first-order valence-corrected chi connectivity index (χ1v) is 19.1. The molecule has 57 heavy (non-hydrogen) atoms. The third kappa shape index (κ3) is 15.1. The molecular formula is C42H59N5O10. The number of ether oxygens (including phenoxy) is 5. The highest BCUT2D eigenvalue weighted by atomic mass is 16.6. The summed E-state index contributed by atoms with van der Waals surface area (Å²) in [6.45, 7) is 11.0. The van der Waals surface area contributed by atoms with E-state index in [1.165, 1.54) is 5.01 Å². The summed E-state index contributed by atoms with van der Waals surface area (Å²) in [7, 11) is 3.14. The third-order valence-corrected chi connectivity index (χ3v) is 8.91. The Bertz CT molecular complexity index is 1710. The number of nitrogens with zero attached hydrogens (tertiary/aromatic N) is 1. The van der Waals surface area contributed by atoms with Crippen LogP contribution in [0.15, 0.2) is 72.8 Å². The minimum atomic E-state index is -1.23. The summed E-state index contributed by atoms with van der Waals surface area (Å²) < 4.78 is 26.8. The fourth-order valence-corrected chi connectivity index (χ4v) is 5.87. The van der Waals surface area contributed by atoms with E-state index in [4.69, 9.17) is 23.7 Å². The number of rotatable bonds is 22. The van der Waals surface area contributed by atoms with Crippen molar-refractivity contribution in [2.75, 3.05) is 34.0 Å². The standard InChI is InChI=1S/C42H59N5O10/c1-9-55-41(51)44-37(27(3)4)39(49)43-33(22-29-14-12-11-13-15-29)34(48)25-47(46-40(50)38(28(5)6)45-42(52)56-10-2)24-30-16-19-32(20-17-30)57-26-31-18-21-35(53-7)36(23-31)54-8/h11-21,23,27-28,33-34,37-38,48H,9-10,22,24-26H2,1-8H3,(H,43,49)(H,44,51)(H,45,52)(H,46,50)/t33?,34?,37-,38-/m0/s1. The van der Waals surface area contributed by atoms with Gasteiger partial charge in [0, 0.05) is 13.1 Å². The molecule has 0 aliphatic heterocycles. The second kappa shape index (κ2) is 23.5. The van der Waals surface area contributed by atoms with Crippen LogP contribution in [0.25, 0.3) is 0 Å². The van der Waals surface area contributed by atoms with Crippen LogP contribution < -0.4 is 35.6 Å². The van der Waals surface area contributed by atoms with Gasteiger partial charge in [0.15, 0.2) is 11.5 Å². The van der Waals surface area contributed by atoms with Crippen molar-refractivity contribution in [3.63, 3.8) is 0 Å². The molecule has 3 rings (SSSR count). The SMILES string of the molecule is CCOC(=O)N[C@H](C(=O)NC(Cc1ccccc1)C(O)CN(Cc1ccc(OCc2ccc(OC)c(OC)c2)cc1)NC(=O)[C@@H](NC(=O)OCC)C(C)C)C(C)C. The topological polar surface area (TPSA) is 186 Å². The number of hydrazine groups is 1. The van der Waals surface area contributed by atoms with Gasteiger partial charge in [0.25, 0.3) is 5.91 Å². The molecule has 15 heteroatoms. The van der Waals surface area contributed by atoms with Gasteiger partial charge in [0.1, 0.15) is 24.4 Å². The second-order valence-electron chi connectivity index (χ2n) is 14.0. The number of methoxy groups -OCH3 is 2. The van der Waals surface area contributed by atoms with Gasteiger partial charge < -0.3 is 44.7 Å². The van der Waals surface area contributed by atoms with Gasteiger partial charge in [0.05, 0.1) is 39.6 Å². The summed E-state index contributed by atoms with van der Waals surface area (Å²) in [6.07, 6.45) is -2.45. The summed E-state index contributed by atoms with van der Waals surface area (Å²) >= 11 is 0. The smallest absolute Gasteiger partial charge is 0.407 e. The lowest BCUT2D eigenvalue weighted by atomic mass is 9.98. The Morgan fingerprint density at radius 2 is 1.25 bits per heavy atom. The summed E-state index contributed by atoms with van der Waals surface area (Å²) in [5.41, 5.74) is 5.38. The normalized spacial score (nSPS) is 13.2. The van der Waals surface area contributed by atoms with E-state index in [2.05, 4.69) is 21.4 Å². The molecule has 4 amide bonds. The summed E-state index contributed by atoms with van der Waals surface area (Å²) in [5.74, 6) is 0.165. The zero-order valence-electron chi connectivity index (χ0n) is 34.2. The quantitative estimate of drug-likeness (QED) is 0.0885. The van der Waals surface area contributed by atoms with Gasteiger partial charge in [-0.2, -0.15) is 0 Å². The number of nitrogens with one attached hydrogen (secondary N) is 4. The highest BCUT2D eigenvalue weighted by Gasteiger charge is 2.32. The molecule has 0 spiro atoms. The van der Waals surface area contributed by atoms with Gasteiger partial charge in [-0.1, -0.05) is 76.2 Å². The third-order valence-electron chi connectivity index (χ3n) is 8.91. The first kappa shape index (κ1) is 45.8. The van der Waals surface area contributed by atoms with E-state index in [9.17, 15) is 24.3 Å². The Labute approximate surface area is 335 Å². The number of amides is 4. The lowest BCUT2D eigenvalue weighted by molar-refractivity contribution is -0.131. The predicted octanol–water partition coefficient (Wildman–Crippen LogP) is 4.75. The number of aliphatic hydroxyl groups is 1. The van der Waals surface area contributed by atoms with Crippen LogP contribution in [0.3, 0.4) is 0 Å². The highest BCUT2D eigenvalue weighted by molar-refractivity contribution is 5.86. The van der Waals surface area contributed by atoms with Gasteiger partial charge in [-0.25, -0.2) is 14.6 Å². The number of carbonyl (C=O) groups is 4. The zero-order valence-corrected chi connectivity index (χ0v) is 34.2. The molecule has 0 heterocycles. The van der Waals surface area contributed by atoms with Crippen LogP contribution in [0.5, 0.6) is 17.2 Å². The zero-order chi connectivity index (χ0) is 41.9.